The molecular weight excluding hydrogens is 395 g/mol. The lowest BCUT2D eigenvalue weighted by Gasteiger charge is -2.34. The summed E-state index contributed by atoms with van der Waals surface area (Å²) in [5, 5.41) is 4.40. The van der Waals surface area contributed by atoms with Gasteiger partial charge in [0.05, 0.1) is 19.3 Å². The molecule has 1 amide bonds. The Morgan fingerprint density at radius 2 is 1.93 bits per heavy atom. The van der Waals surface area contributed by atoms with Crippen LogP contribution in [-0.4, -0.2) is 43.7 Å². The van der Waals surface area contributed by atoms with E-state index in [1.54, 1.807) is 30.3 Å². The van der Waals surface area contributed by atoms with Crippen molar-refractivity contribution in [1.29, 1.82) is 0 Å². The van der Waals surface area contributed by atoms with Crippen LogP contribution in [-0.2, 0) is 4.74 Å². The second kappa shape index (κ2) is 8.53. The third-order valence-corrected chi connectivity index (χ3v) is 5.54. The smallest absolute Gasteiger partial charge is 0.287 e. The normalized spacial score (nSPS) is 16.1. The number of nitrogens with one attached hydrogen (secondary N) is 1. The van der Waals surface area contributed by atoms with Crippen molar-refractivity contribution in [3.8, 4) is 0 Å². The Morgan fingerprint density at radius 1 is 1.21 bits per heavy atom. The lowest BCUT2D eigenvalue weighted by Crippen LogP contribution is -2.43. The number of aryl methyl sites for hydroxylation is 1. The number of nitrogens with zero attached hydrogens (tertiary/aromatic N) is 1. The molecule has 0 bridgehead atoms. The molecule has 1 unspecified atom stereocenters. The van der Waals surface area contributed by atoms with Gasteiger partial charge in [0.15, 0.2) is 5.76 Å². The van der Waals surface area contributed by atoms with Gasteiger partial charge in [0.2, 0.25) is 0 Å². The number of halogens is 2. The maximum Gasteiger partial charge on any atom is 0.287 e. The maximum atomic E-state index is 13.4. The molecule has 1 atom stereocenters. The van der Waals surface area contributed by atoms with E-state index in [0.717, 1.165) is 29.6 Å². The van der Waals surface area contributed by atoms with Crippen molar-refractivity contribution in [1.82, 2.24) is 10.2 Å². The molecule has 3 aromatic rings. The highest BCUT2D eigenvalue weighted by atomic mass is 35.5. The van der Waals surface area contributed by atoms with Crippen molar-refractivity contribution in [2.24, 2.45) is 0 Å². The number of hydrogen-bond acceptors (Lipinski definition) is 4. The molecule has 1 saturated heterocycles. The van der Waals surface area contributed by atoms with E-state index in [1.807, 2.05) is 6.92 Å². The molecule has 0 radical (unpaired) electrons. The van der Waals surface area contributed by atoms with Gasteiger partial charge in [-0.05, 0) is 42.8 Å². The molecule has 152 valence electrons. The lowest BCUT2D eigenvalue weighted by atomic mass is 10.0. The summed E-state index contributed by atoms with van der Waals surface area (Å²) in [6.45, 7) is 4.99. The van der Waals surface area contributed by atoms with Gasteiger partial charge in [-0.3, -0.25) is 9.69 Å². The van der Waals surface area contributed by atoms with Crippen molar-refractivity contribution in [3.05, 3.63) is 70.2 Å². The van der Waals surface area contributed by atoms with Crippen LogP contribution in [0.3, 0.4) is 0 Å². The van der Waals surface area contributed by atoms with Crippen LogP contribution >= 0.6 is 11.6 Å². The first-order valence-corrected chi connectivity index (χ1v) is 9.95. The molecule has 29 heavy (non-hydrogen) atoms. The molecule has 0 aliphatic carbocycles. The number of morpholine rings is 1. The van der Waals surface area contributed by atoms with E-state index in [9.17, 15) is 9.18 Å². The molecule has 7 heteroatoms. The summed E-state index contributed by atoms with van der Waals surface area (Å²) in [5.74, 6) is -0.285. The second-order valence-electron chi connectivity index (χ2n) is 7.12. The minimum Gasteiger partial charge on any atom is -0.451 e. The van der Waals surface area contributed by atoms with Crippen molar-refractivity contribution >= 4 is 28.5 Å². The molecule has 0 saturated carbocycles. The van der Waals surface area contributed by atoms with Crippen LogP contribution in [0.5, 0.6) is 0 Å². The van der Waals surface area contributed by atoms with Gasteiger partial charge in [0.25, 0.3) is 5.91 Å². The number of amides is 1. The van der Waals surface area contributed by atoms with Gasteiger partial charge >= 0.3 is 0 Å². The van der Waals surface area contributed by atoms with Crippen LogP contribution in [0, 0.1) is 12.7 Å². The Hall–Kier alpha value is -2.41. The number of ether oxygens (including phenoxy) is 1. The third kappa shape index (κ3) is 4.29. The van der Waals surface area contributed by atoms with E-state index in [0.29, 0.717) is 30.4 Å². The number of rotatable bonds is 5. The molecule has 2 aromatic carbocycles. The van der Waals surface area contributed by atoms with Crippen LogP contribution in [0.4, 0.5) is 4.39 Å². The first-order chi connectivity index (χ1) is 14.0. The topological polar surface area (TPSA) is 54.7 Å². The van der Waals surface area contributed by atoms with Crippen molar-refractivity contribution in [2.45, 2.75) is 13.0 Å². The molecule has 5 nitrogen and oxygen atoms in total. The zero-order chi connectivity index (χ0) is 20.4. The third-order valence-electron chi connectivity index (χ3n) is 5.30. The minimum absolute atomic E-state index is 0.0809. The Labute approximate surface area is 173 Å². The largest absolute Gasteiger partial charge is 0.451 e. The van der Waals surface area contributed by atoms with E-state index in [-0.39, 0.29) is 23.5 Å². The van der Waals surface area contributed by atoms with E-state index in [2.05, 4.69) is 10.2 Å². The van der Waals surface area contributed by atoms with Gasteiger partial charge < -0.3 is 14.5 Å². The average Bonchev–Trinajstić information content (AvgIpc) is 3.06. The summed E-state index contributed by atoms with van der Waals surface area (Å²) >= 11 is 6.06. The summed E-state index contributed by atoms with van der Waals surface area (Å²) in [4.78, 5) is 15.1. The summed E-state index contributed by atoms with van der Waals surface area (Å²) in [6, 6.07) is 11.6. The monoisotopic (exact) mass is 416 g/mol. The summed E-state index contributed by atoms with van der Waals surface area (Å²) in [7, 11) is 0. The highest BCUT2D eigenvalue weighted by molar-refractivity contribution is 6.31. The van der Waals surface area contributed by atoms with E-state index < -0.39 is 0 Å². The minimum atomic E-state index is -0.282. The van der Waals surface area contributed by atoms with Crippen LogP contribution < -0.4 is 5.32 Å². The Balaban J connectivity index is 1.54. The highest BCUT2D eigenvalue weighted by Crippen LogP contribution is 2.28. The van der Waals surface area contributed by atoms with Crippen LogP contribution in [0.25, 0.3) is 11.0 Å². The number of carbonyl (C=O) groups is 1. The Bertz CT molecular complexity index is 1010. The Morgan fingerprint density at radius 3 is 2.66 bits per heavy atom. The van der Waals surface area contributed by atoms with E-state index in [4.69, 9.17) is 20.8 Å². The zero-order valence-corrected chi connectivity index (χ0v) is 16.8. The quantitative estimate of drug-likeness (QED) is 0.672. The molecule has 0 spiro atoms. The predicted molar refractivity (Wildman–Crippen MR) is 110 cm³/mol. The fourth-order valence-corrected chi connectivity index (χ4v) is 3.88. The molecule has 1 aromatic heterocycles. The SMILES string of the molecule is Cc1c(C(=O)NCC(c2ccc(F)cc2)N2CCOCC2)oc2ccc(Cl)cc12. The van der Waals surface area contributed by atoms with Gasteiger partial charge in [-0.2, -0.15) is 0 Å². The summed E-state index contributed by atoms with van der Waals surface area (Å²) in [5.41, 5.74) is 2.33. The zero-order valence-electron chi connectivity index (χ0n) is 16.1. The van der Waals surface area contributed by atoms with Crippen molar-refractivity contribution < 1.29 is 18.3 Å². The van der Waals surface area contributed by atoms with Crippen LogP contribution in [0.1, 0.15) is 27.7 Å². The number of carbonyl (C=O) groups excluding carboxylic acids is 1. The second-order valence-corrected chi connectivity index (χ2v) is 7.56. The van der Waals surface area contributed by atoms with Gasteiger partial charge in [0, 0.05) is 35.6 Å². The van der Waals surface area contributed by atoms with Crippen LogP contribution in [0.2, 0.25) is 5.02 Å². The molecule has 1 aliphatic heterocycles. The van der Waals surface area contributed by atoms with Crippen LogP contribution in [0.15, 0.2) is 46.9 Å². The molecule has 1 fully saturated rings. The fourth-order valence-electron chi connectivity index (χ4n) is 3.71. The maximum absolute atomic E-state index is 13.4. The van der Waals surface area contributed by atoms with E-state index in [1.165, 1.54) is 12.1 Å². The fraction of sp³-hybridized carbons (Fsp3) is 0.318. The van der Waals surface area contributed by atoms with Gasteiger partial charge in [-0.1, -0.05) is 23.7 Å². The summed E-state index contributed by atoms with van der Waals surface area (Å²) < 4.78 is 24.6. The van der Waals surface area contributed by atoms with Crippen molar-refractivity contribution in [2.75, 3.05) is 32.8 Å². The highest BCUT2D eigenvalue weighted by Gasteiger charge is 2.25. The first kappa shape index (κ1) is 19.9. The Kier molecular flexibility index (Phi) is 5.85. The van der Waals surface area contributed by atoms with Gasteiger partial charge in [0.1, 0.15) is 11.4 Å². The molecule has 1 aliphatic rings. The predicted octanol–water partition coefficient (Wildman–Crippen LogP) is 4.34. The molecular formula is C22H22ClFN2O3. The number of hydrogen-bond donors (Lipinski definition) is 1. The number of fused-ring (bicyclic) bond motifs is 1. The van der Waals surface area contributed by atoms with E-state index >= 15 is 0 Å². The lowest BCUT2D eigenvalue weighted by molar-refractivity contribution is 0.0161. The molecule has 2 heterocycles. The number of benzene rings is 2. The molecule has 4 rings (SSSR count). The van der Waals surface area contributed by atoms with Gasteiger partial charge in [-0.25, -0.2) is 4.39 Å². The molecule has 1 N–H and O–H groups in total. The standard InChI is InChI=1S/C22H22ClFN2O3/c1-14-18-12-16(23)4-7-20(18)29-21(14)22(27)25-13-19(26-8-10-28-11-9-26)15-2-5-17(24)6-3-15/h2-7,12,19H,8-11,13H2,1H3,(H,25,27). The average molecular weight is 417 g/mol. The van der Waals surface area contributed by atoms with Crippen molar-refractivity contribution in [3.63, 3.8) is 0 Å². The number of furan rings is 1. The first-order valence-electron chi connectivity index (χ1n) is 9.57. The van der Waals surface area contributed by atoms with Gasteiger partial charge in [-0.15, -0.1) is 0 Å². The summed E-state index contributed by atoms with van der Waals surface area (Å²) in [6.07, 6.45) is 0.